The van der Waals surface area contributed by atoms with E-state index >= 15 is 0 Å². The number of ether oxygens (including phenoxy) is 1. The number of rotatable bonds is 7. The fraction of sp³-hybridized carbons (Fsp3) is 0.278. The maximum Gasteiger partial charge on any atom is 0.416 e. The van der Waals surface area contributed by atoms with Crippen LogP contribution in [0.4, 0.5) is 24.5 Å². The SMILES string of the molecule is CCCOc1ccc(NC(=O)CNc2cccc(C(F)(F)F)c2)cc1. The number of carbonyl (C=O) groups is 1. The van der Waals surface area contributed by atoms with Crippen molar-refractivity contribution in [3.05, 3.63) is 54.1 Å². The highest BCUT2D eigenvalue weighted by atomic mass is 19.4. The monoisotopic (exact) mass is 352 g/mol. The Morgan fingerprint density at radius 2 is 1.80 bits per heavy atom. The van der Waals surface area contributed by atoms with E-state index in [1.165, 1.54) is 12.1 Å². The van der Waals surface area contributed by atoms with Crippen LogP contribution in [-0.4, -0.2) is 19.1 Å². The summed E-state index contributed by atoms with van der Waals surface area (Å²) in [5.41, 5.74) is 0.0496. The minimum atomic E-state index is -4.42. The third-order valence-corrected chi connectivity index (χ3v) is 3.25. The number of benzene rings is 2. The molecule has 0 bridgehead atoms. The predicted molar refractivity (Wildman–Crippen MR) is 90.8 cm³/mol. The molecular formula is C18H19F3N2O2. The number of nitrogens with one attached hydrogen (secondary N) is 2. The van der Waals surface area contributed by atoms with Crippen LogP contribution >= 0.6 is 0 Å². The van der Waals surface area contributed by atoms with Crippen molar-refractivity contribution in [1.82, 2.24) is 0 Å². The molecule has 2 aromatic carbocycles. The van der Waals surface area contributed by atoms with Gasteiger partial charge in [0.25, 0.3) is 0 Å². The Bertz CT molecular complexity index is 700. The highest BCUT2D eigenvalue weighted by Crippen LogP contribution is 2.30. The first kappa shape index (κ1) is 18.6. The van der Waals surface area contributed by atoms with Crippen molar-refractivity contribution in [2.45, 2.75) is 19.5 Å². The lowest BCUT2D eigenvalue weighted by atomic mass is 10.2. The van der Waals surface area contributed by atoms with E-state index in [-0.39, 0.29) is 18.1 Å². The Morgan fingerprint density at radius 1 is 1.08 bits per heavy atom. The van der Waals surface area contributed by atoms with Crippen LogP contribution in [0.15, 0.2) is 48.5 Å². The van der Waals surface area contributed by atoms with Gasteiger partial charge < -0.3 is 15.4 Å². The predicted octanol–water partition coefficient (Wildman–Crippen LogP) is 4.54. The topological polar surface area (TPSA) is 50.4 Å². The minimum absolute atomic E-state index is 0.143. The molecule has 7 heteroatoms. The Kier molecular flexibility index (Phi) is 6.27. The maximum absolute atomic E-state index is 12.6. The van der Waals surface area contributed by atoms with Crippen LogP contribution in [0.5, 0.6) is 5.75 Å². The summed E-state index contributed by atoms with van der Waals surface area (Å²) in [4.78, 5) is 11.9. The van der Waals surface area contributed by atoms with Crippen LogP contribution < -0.4 is 15.4 Å². The van der Waals surface area contributed by atoms with Gasteiger partial charge in [0.2, 0.25) is 5.91 Å². The first-order chi connectivity index (χ1) is 11.9. The zero-order valence-corrected chi connectivity index (χ0v) is 13.7. The van der Waals surface area contributed by atoms with Crippen LogP contribution in [0.25, 0.3) is 0 Å². The van der Waals surface area contributed by atoms with Crippen LogP contribution in [0.3, 0.4) is 0 Å². The Balaban J connectivity index is 1.86. The first-order valence-corrected chi connectivity index (χ1v) is 7.82. The molecule has 2 rings (SSSR count). The van der Waals surface area contributed by atoms with E-state index in [1.54, 1.807) is 24.3 Å². The van der Waals surface area contributed by atoms with Crippen LogP contribution in [0, 0.1) is 0 Å². The number of hydrogen-bond acceptors (Lipinski definition) is 3. The lowest BCUT2D eigenvalue weighted by molar-refractivity contribution is -0.137. The molecule has 0 heterocycles. The molecule has 0 spiro atoms. The second-order valence-corrected chi connectivity index (χ2v) is 5.35. The summed E-state index contributed by atoms with van der Waals surface area (Å²) >= 11 is 0. The summed E-state index contributed by atoms with van der Waals surface area (Å²) in [6.07, 6.45) is -3.51. The number of anilines is 2. The van der Waals surface area contributed by atoms with Gasteiger partial charge in [0.15, 0.2) is 0 Å². The molecule has 0 fully saturated rings. The average Bonchev–Trinajstić information content (AvgIpc) is 2.59. The van der Waals surface area contributed by atoms with Crippen LogP contribution in [0.1, 0.15) is 18.9 Å². The van der Waals surface area contributed by atoms with E-state index in [1.807, 2.05) is 6.92 Å². The second-order valence-electron chi connectivity index (χ2n) is 5.35. The van der Waals surface area contributed by atoms with Gasteiger partial charge in [-0.25, -0.2) is 0 Å². The molecule has 0 radical (unpaired) electrons. The Labute approximate surface area is 144 Å². The molecule has 0 saturated carbocycles. The number of hydrogen-bond donors (Lipinski definition) is 2. The van der Waals surface area contributed by atoms with E-state index in [4.69, 9.17) is 4.74 Å². The van der Waals surface area contributed by atoms with Gasteiger partial charge in [0.05, 0.1) is 18.7 Å². The molecule has 0 saturated heterocycles. The molecule has 1 amide bonds. The second kappa shape index (κ2) is 8.41. The molecule has 2 N–H and O–H groups in total. The Hall–Kier alpha value is -2.70. The highest BCUT2D eigenvalue weighted by Gasteiger charge is 2.30. The molecular weight excluding hydrogens is 333 g/mol. The summed E-state index contributed by atoms with van der Waals surface area (Å²) in [6.45, 7) is 2.48. The summed E-state index contributed by atoms with van der Waals surface area (Å²) in [5, 5.41) is 5.34. The van der Waals surface area contributed by atoms with Crippen molar-refractivity contribution in [2.24, 2.45) is 0 Å². The van der Waals surface area contributed by atoms with E-state index in [9.17, 15) is 18.0 Å². The largest absolute Gasteiger partial charge is 0.494 e. The van der Waals surface area contributed by atoms with E-state index in [0.29, 0.717) is 18.0 Å². The molecule has 4 nitrogen and oxygen atoms in total. The van der Waals surface area contributed by atoms with Gasteiger partial charge >= 0.3 is 6.18 Å². The van der Waals surface area contributed by atoms with Crippen molar-refractivity contribution in [3.63, 3.8) is 0 Å². The summed E-state index contributed by atoms with van der Waals surface area (Å²) in [6, 6.07) is 11.6. The van der Waals surface area contributed by atoms with Gasteiger partial charge in [0.1, 0.15) is 5.75 Å². The van der Waals surface area contributed by atoms with Crippen molar-refractivity contribution >= 4 is 17.3 Å². The third-order valence-electron chi connectivity index (χ3n) is 3.25. The van der Waals surface area contributed by atoms with Crippen molar-refractivity contribution in [3.8, 4) is 5.75 Å². The van der Waals surface area contributed by atoms with Gasteiger partial charge in [-0.15, -0.1) is 0 Å². The smallest absolute Gasteiger partial charge is 0.416 e. The molecule has 134 valence electrons. The van der Waals surface area contributed by atoms with Gasteiger partial charge in [-0.2, -0.15) is 13.2 Å². The van der Waals surface area contributed by atoms with Gasteiger partial charge in [-0.3, -0.25) is 4.79 Å². The van der Waals surface area contributed by atoms with Gasteiger partial charge in [-0.1, -0.05) is 13.0 Å². The number of halogens is 3. The quantitative estimate of drug-likeness (QED) is 0.769. The third kappa shape index (κ3) is 6.02. The van der Waals surface area contributed by atoms with E-state index < -0.39 is 11.7 Å². The molecule has 2 aromatic rings. The zero-order chi connectivity index (χ0) is 18.3. The number of alkyl halides is 3. The standard InChI is InChI=1S/C18H19F3N2O2/c1-2-10-25-16-8-6-14(7-9-16)23-17(24)12-22-15-5-3-4-13(11-15)18(19,20)21/h3-9,11,22H,2,10,12H2,1H3,(H,23,24). The van der Waals surface area contributed by atoms with Crippen molar-refractivity contribution < 1.29 is 22.7 Å². The fourth-order valence-electron chi connectivity index (χ4n) is 2.05. The lowest BCUT2D eigenvalue weighted by Gasteiger charge is -2.11. The van der Waals surface area contributed by atoms with Crippen LogP contribution in [0.2, 0.25) is 0 Å². The maximum atomic E-state index is 12.6. The molecule has 0 unspecified atom stereocenters. The molecule has 0 aliphatic rings. The normalized spacial score (nSPS) is 11.0. The molecule has 25 heavy (non-hydrogen) atoms. The summed E-state index contributed by atoms with van der Waals surface area (Å²) < 4.78 is 43.4. The van der Waals surface area contributed by atoms with Gasteiger partial charge in [0, 0.05) is 11.4 Å². The van der Waals surface area contributed by atoms with E-state index in [0.717, 1.165) is 18.6 Å². The fourth-order valence-corrected chi connectivity index (χ4v) is 2.05. The zero-order valence-electron chi connectivity index (χ0n) is 13.7. The minimum Gasteiger partial charge on any atom is -0.494 e. The summed E-state index contributed by atoms with van der Waals surface area (Å²) in [7, 11) is 0. The number of amides is 1. The molecule has 0 atom stereocenters. The molecule has 0 aliphatic heterocycles. The average molecular weight is 352 g/mol. The van der Waals surface area contributed by atoms with Gasteiger partial charge in [-0.05, 0) is 48.9 Å². The van der Waals surface area contributed by atoms with E-state index in [2.05, 4.69) is 10.6 Å². The van der Waals surface area contributed by atoms with Crippen molar-refractivity contribution in [1.29, 1.82) is 0 Å². The number of carbonyl (C=O) groups excluding carboxylic acids is 1. The first-order valence-electron chi connectivity index (χ1n) is 7.82. The summed E-state index contributed by atoms with van der Waals surface area (Å²) in [5.74, 6) is 0.349. The Morgan fingerprint density at radius 3 is 2.44 bits per heavy atom. The highest BCUT2D eigenvalue weighted by molar-refractivity contribution is 5.93. The lowest BCUT2D eigenvalue weighted by Crippen LogP contribution is -2.21. The van der Waals surface area contributed by atoms with Crippen LogP contribution in [-0.2, 0) is 11.0 Å². The molecule has 0 aliphatic carbocycles. The van der Waals surface area contributed by atoms with Crippen molar-refractivity contribution in [2.75, 3.05) is 23.8 Å². The molecule has 0 aromatic heterocycles.